The molecule has 1 aliphatic heterocycles. The molecule has 10 heteroatoms. The molecule has 0 spiro atoms. The lowest BCUT2D eigenvalue weighted by Crippen LogP contribution is -2.19. The number of carbonyl (C=O) groups excluding carboxylic acids is 1. The number of hydrogen-bond acceptors (Lipinski definition) is 7. The Morgan fingerprint density at radius 1 is 1.24 bits per heavy atom. The van der Waals surface area contributed by atoms with E-state index >= 15 is 0 Å². The predicted molar refractivity (Wildman–Crippen MR) is 135 cm³/mol. The van der Waals surface area contributed by atoms with Crippen LogP contribution in [-0.4, -0.2) is 48.9 Å². The first-order valence-corrected chi connectivity index (χ1v) is 13.1. The number of anilines is 1. The predicted octanol–water partition coefficient (Wildman–Crippen LogP) is 4.72. The minimum atomic E-state index is -0.123. The largest absolute Gasteiger partial charge is 0.376 e. The highest BCUT2D eigenvalue weighted by molar-refractivity contribution is 7.99. The Balaban J connectivity index is 1.30. The van der Waals surface area contributed by atoms with Crippen molar-refractivity contribution in [2.75, 3.05) is 17.7 Å². The fraction of sp³-hybridized carbons (Fsp3) is 0.333. The van der Waals surface area contributed by atoms with Crippen LogP contribution in [0, 0.1) is 13.8 Å². The number of aryl methyl sites for hydroxylation is 2. The Hall–Kier alpha value is -2.95. The van der Waals surface area contributed by atoms with Gasteiger partial charge in [0.1, 0.15) is 5.82 Å². The SMILES string of the molecule is Cc1ccc(-n2nc(C)cc2NC(=O)CSc2nnc(-c3cccs3)n2CC2CCCO2)cc1. The molecule has 4 heterocycles. The summed E-state index contributed by atoms with van der Waals surface area (Å²) >= 11 is 3.01. The third-order valence-electron chi connectivity index (χ3n) is 5.58. The van der Waals surface area contributed by atoms with Crippen molar-refractivity contribution >= 4 is 34.8 Å². The number of thioether (sulfide) groups is 1. The fourth-order valence-corrected chi connectivity index (χ4v) is 5.39. The van der Waals surface area contributed by atoms with E-state index in [2.05, 4.69) is 25.2 Å². The van der Waals surface area contributed by atoms with Crippen LogP contribution in [0.15, 0.2) is 53.0 Å². The van der Waals surface area contributed by atoms with E-state index in [-0.39, 0.29) is 17.8 Å². The van der Waals surface area contributed by atoms with Gasteiger partial charge in [-0.2, -0.15) is 5.10 Å². The van der Waals surface area contributed by atoms with Gasteiger partial charge in [0.05, 0.1) is 34.7 Å². The van der Waals surface area contributed by atoms with Gasteiger partial charge < -0.3 is 10.1 Å². The summed E-state index contributed by atoms with van der Waals surface area (Å²) in [5, 5.41) is 19.1. The highest BCUT2D eigenvalue weighted by atomic mass is 32.2. The molecule has 1 fully saturated rings. The van der Waals surface area contributed by atoms with E-state index < -0.39 is 0 Å². The molecular formula is C24H26N6O2S2. The Labute approximate surface area is 206 Å². The maximum absolute atomic E-state index is 12.9. The Bertz CT molecular complexity index is 1260. The normalized spacial score (nSPS) is 15.6. The quantitative estimate of drug-likeness (QED) is 0.357. The van der Waals surface area contributed by atoms with Gasteiger partial charge in [-0.05, 0) is 50.3 Å². The Morgan fingerprint density at radius 2 is 2.09 bits per heavy atom. The molecule has 0 saturated carbocycles. The summed E-state index contributed by atoms with van der Waals surface area (Å²) in [6.07, 6.45) is 2.24. The van der Waals surface area contributed by atoms with E-state index in [1.54, 1.807) is 16.0 Å². The molecule has 1 aromatic carbocycles. The molecular weight excluding hydrogens is 468 g/mol. The number of nitrogens with zero attached hydrogens (tertiary/aromatic N) is 5. The molecule has 176 valence electrons. The lowest BCUT2D eigenvalue weighted by atomic mass is 10.2. The van der Waals surface area contributed by atoms with Crippen molar-refractivity contribution in [3.63, 3.8) is 0 Å². The average Bonchev–Trinajstić information content (AvgIpc) is 3.62. The van der Waals surface area contributed by atoms with Gasteiger partial charge in [0.25, 0.3) is 0 Å². The summed E-state index contributed by atoms with van der Waals surface area (Å²) in [4.78, 5) is 13.9. The van der Waals surface area contributed by atoms with Crippen molar-refractivity contribution in [1.82, 2.24) is 24.5 Å². The first-order chi connectivity index (χ1) is 16.6. The van der Waals surface area contributed by atoms with Crippen molar-refractivity contribution in [3.8, 4) is 16.4 Å². The Kier molecular flexibility index (Phi) is 6.80. The van der Waals surface area contributed by atoms with Crippen LogP contribution in [0.25, 0.3) is 16.4 Å². The monoisotopic (exact) mass is 494 g/mol. The number of thiophene rings is 1. The van der Waals surface area contributed by atoms with E-state index in [0.717, 1.165) is 46.7 Å². The van der Waals surface area contributed by atoms with Crippen LogP contribution >= 0.6 is 23.1 Å². The number of hydrogen-bond donors (Lipinski definition) is 1. The highest BCUT2D eigenvalue weighted by Gasteiger charge is 2.23. The van der Waals surface area contributed by atoms with Gasteiger partial charge in [0, 0.05) is 12.7 Å². The van der Waals surface area contributed by atoms with Crippen LogP contribution in [0.4, 0.5) is 5.82 Å². The molecule has 5 rings (SSSR count). The summed E-state index contributed by atoms with van der Waals surface area (Å²) in [5.74, 6) is 1.56. The average molecular weight is 495 g/mol. The second kappa shape index (κ2) is 10.1. The molecule has 8 nitrogen and oxygen atoms in total. The summed E-state index contributed by atoms with van der Waals surface area (Å²) in [7, 11) is 0. The summed E-state index contributed by atoms with van der Waals surface area (Å²) < 4.78 is 9.69. The third kappa shape index (κ3) is 5.08. The third-order valence-corrected chi connectivity index (χ3v) is 7.41. The van der Waals surface area contributed by atoms with Crippen molar-refractivity contribution < 1.29 is 9.53 Å². The highest BCUT2D eigenvalue weighted by Crippen LogP contribution is 2.29. The molecule has 1 unspecified atom stereocenters. The fourth-order valence-electron chi connectivity index (χ4n) is 3.92. The second-order valence-electron chi connectivity index (χ2n) is 8.28. The summed E-state index contributed by atoms with van der Waals surface area (Å²) in [5.41, 5.74) is 2.91. The topological polar surface area (TPSA) is 86.9 Å². The molecule has 3 aromatic heterocycles. The van der Waals surface area contributed by atoms with Crippen LogP contribution in [0.5, 0.6) is 0 Å². The maximum Gasteiger partial charge on any atom is 0.236 e. The molecule has 1 amide bonds. The molecule has 1 saturated heterocycles. The Morgan fingerprint density at radius 3 is 2.82 bits per heavy atom. The number of rotatable bonds is 8. The van der Waals surface area contributed by atoms with Crippen LogP contribution in [0.2, 0.25) is 0 Å². The minimum absolute atomic E-state index is 0.123. The van der Waals surface area contributed by atoms with Crippen molar-refractivity contribution in [1.29, 1.82) is 0 Å². The molecule has 4 aromatic rings. The zero-order valence-electron chi connectivity index (χ0n) is 19.1. The van der Waals surface area contributed by atoms with E-state index in [1.165, 1.54) is 17.3 Å². The van der Waals surface area contributed by atoms with Gasteiger partial charge in [-0.25, -0.2) is 4.68 Å². The summed E-state index contributed by atoms with van der Waals surface area (Å²) in [6.45, 7) is 5.43. The number of aromatic nitrogens is 5. The van der Waals surface area contributed by atoms with Gasteiger partial charge >= 0.3 is 0 Å². The second-order valence-corrected chi connectivity index (χ2v) is 10.2. The minimum Gasteiger partial charge on any atom is -0.376 e. The number of benzene rings is 1. The van der Waals surface area contributed by atoms with E-state index in [9.17, 15) is 4.79 Å². The van der Waals surface area contributed by atoms with E-state index in [0.29, 0.717) is 12.4 Å². The van der Waals surface area contributed by atoms with Crippen LogP contribution in [0.1, 0.15) is 24.1 Å². The van der Waals surface area contributed by atoms with Crippen LogP contribution in [-0.2, 0) is 16.1 Å². The molecule has 1 N–H and O–H groups in total. The lowest BCUT2D eigenvalue weighted by molar-refractivity contribution is -0.113. The zero-order chi connectivity index (χ0) is 23.5. The molecule has 0 bridgehead atoms. The zero-order valence-corrected chi connectivity index (χ0v) is 20.7. The standard InChI is InChI=1S/C24H26N6O2S2/c1-16-7-9-18(10-8-16)30-21(13-17(2)28-30)25-22(31)15-34-24-27-26-23(20-6-4-12-33-20)29(24)14-19-5-3-11-32-19/h4,6-10,12-13,19H,3,5,11,14-15H2,1-2H3,(H,25,31). The number of amides is 1. The van der Waals surface area contributed by atoms with Crippen LogP contribution < -0.4 is 5.32 Å². The van der Waals surface area contributed by atoms with E-state index in [4.69, 9.17) is 4.74 Å². The molecule has 1 atom stereocenters. The maximum atomic E-state index is 12.9. The van der Waals surface area contributed by atoms with Crippen LogP contribution in [0.3, 0.4) is 0 Å². The first-order valence-electron chi connectivity index (χ1n) is 11.2. The van der Waals surface area contributed by atoms with Crippen molar-refractivity contribution in [3.05, 3.63) is 59.1 Å². The molecule has 34 heavy (non-hydrogen) atoms. The smallest absolute Gasteiger partial charge is 0.236 e. The first kappa shape index (κ1) is 22.8. The molecule has 0 radical (unpaired) electrons. The molecule has 0 aliphatic carbocycles. The van der Waals surface area contributed by atoms with Gasteiger partial charge in [-0.3, -0.25) is 9.36 Å². The number of ether oxygens (including phenoxy) is 1. The lowest BCUT2D eigenvalue weighted by Gasteiger charge is -2.14. The summed E-state index contributed by atoms with van der Waals surface area (Å²) in [6, 6.07) is 14.0. The van der Waals surface area contributed by atoms with Crippen molar-refractivity contribution in [2.24, 2.45) is 0 Å². The van der Waals surface area contributed by atoms with E-state index in [1.807, 2.05) is 61.7 Å². The number of carbonyl (C=O) groups is 1. The van der Waals surface area contributed by atoms with Crippen molar-refractivity contribution in [2.45, 2.75) is 44.5 Å². The van der Waals surface area contributed by atoms with Gasteiger partial charge in [-0.1, -0.05) is 35.5 Å². The van der Waals surface area contributed by atoms with Gasteiger partial charge in [-0.15, -0.1) is 21.5 Å². The van der Waals surface area contributed by atoms with Gasteiger partial charge in [0.15, 0.2) is 11.0 Å². The number of nitrogens with one attached hydrogen (secondary N) is 1. The van der Waals surface area contributed by atoms with Gasteiger partial charge in [0.2, 0.25) is 5.91 Å². The molecule has 1 aliphatic rings.